The number of rotatable bonds is 3. The summed E-state index contributed by atoms with van der Waals surface area (Å²) in [5.74, 6) is -1.54. The van der Waals surface area contributed by atoms with Crippen LogP contribution < -0.4 is 5.32 Å². The number of fused-ring (bicyclic) bond motifs is 1. The molecule has 1 heterocycles. The zero-order valence-electron chi connectivity index (χ0n) is 14.3. The molecule has 26 heavy (non-hydrogen) atoms. The SMILES string of the molecule is Cn1nnc2ccc(C(=O)NC3(c4ccc(F)cc4F)CCCC3)cc21. The minimum atomic E-state index is -0.811. The van der Waals surface area contributed by atoms with E-state index in [9.17, 15) is 13.6 Å². The average Bonchev–Trinajstić information content (AvgIpc) is 3.22. The van der Waals surface area contributed by atoms with Gasteiger partial charge < -0.3 is 5.32 Å². The fourth-order valence-electron chi connectivity index (χ4n) is 3.78. The molecule has 3 aromatic rings. The third-order valence-electron chi connectivity index (χ3n) is 5.13. The van der Waals surface area contributed by atoms with Gasteiger partial charge in [0.1, 0.15) is 17.2 Å². The van der Waals surface area contributed by atoms with Crippen molar-refractivity contribution in [2.75, 3.05) is 0 Å². The second-order valence-electron chi connectivity index (χ2n) is 6.78. The molecule has 1 amide bonds. The first-order chi connectivity index (χ1) is 12.5. The highest BCUT2D eigenvalue weighted by Gasteiger charge is 2.39. The number of nitrogens with one attached hydrogen (secondary N) is 1. The lowest BCUT2D eigenvalue weighted by Gasteiger charge is -2.31. The third kappa shape index (κ3) is 2.73. The first-order valence-electron chi connectivity index (χ1n) is 8.56. The van der Waals surface area contributed by atoms with Gasteiger partial charge in [0.15, 0.2) is 0 Å². The average molecular weight is 356 g/mol. The maximum absolute atomic E-state index is 14.4. The number of hydrogen-bond acceptors (Lipinski definition) is 3. The summed E-state index contributed by atoms with van der Waals surface area (Å²) in [4.78, 5) is 12.9. The first-order valence-corrected chi connectivity index (χ1v) is 8.56. The Hall–Kier alpha value is -2.83. The van der Waals surface area contributed by atoms with Gasteiger partial charge in [0.05, 0.1) is 11.1 Å². The van der Waals surface area contributed by atoms with Gasteiger partial charge >= 0.3 is 0 Å². The molecule has 1 aliphatic carbocycles. The quantitative estimate of drug-likeness (QED) is 0.782. The molecular weight excluding hydrogens is 338 g/mol. The van der Waals surface area contributed by atoms with Crippen LogP contribution in [0, 0.1) is 11.6 Å². The van der Waals surface area contributed by atoms with Crippen LogP contribution in [0.2, 0.25) is 0 Å². The van der Waals surface area contributed by atoms with E-state index in [1.54, 1.807) is 29.9 Å². The molecule has 134 valence electrons. The molecule has 0 aliphatic heterocycles. The van der Waals surface area contributed by atoms with Gasteiger partial charge in [-0.25, -0.2) is 13.5 Å². The first kappa shape index (κ1) is 16.6. The lowest BCUT2D eigenvalue weighted by Crippen LogP contribution is -2.44. The Morgan fingerprint density at radius 2 is 1.92 bits per heavy atom. The fraction of sp³-hybridized carbons (Fsp3) is 0.316. The normalized spacial score (nSPS) is 16.1. The van der Waals surface area contributed by atoms with E-state index in [0.717, 1.165) is 24.4 Å². The molecule has 0 atom stereocenters. The number of carbonyl (C=O) groups excluding carboxylic acids is 1. The number of aryl methyl sites for hydroxylation is 1. The van der Waals surface area contributed by atoms with Gasteiger partial charge in [-0.3, -0.25) is 4.79 Å². The smallest absolute Gasteiger partial charge is 0.252 e. The highest BCUT2D eigenvalue weighted by atomic mass is 19.1. The second-order valence-corrected chi connectivity index (χ2v) is 6.78. The van der Waals surface area contributed by atoms with Crippen molar-refractivity contribution in [2.24, 2.45) is 7.05 Å². The summed E-state index contributed by atoms with van der Waals surface area (Å²) in [6, 6.07) is 8.67. The van der Waals surface area contributed by atoms with Crippen LogP contribution in [0.15, 0.2) is 36.4 Å². The van der Waals surface area contributed by atoms with Crippen molar-refractivity contribution >= 4 is 16.9 Å². The maximum atomic E-state index is 14.4. The van der Waals surface area contributed by atoms with Gasteiger partial charge in [-0.2, -0.15) is 0 Å². The molecular formula is C19H18F2N4O. The Kier molecular flexibility index (Phi) is 3.94. The van der Waals surface area contributed by atoms with Crippen molar-refractivity contribution in [3.8, 4) is 0 Å². The largest absolute Gasteiger partial charge is 0.342 e. The van der Waals surface area contributed by atoms with E-state index in [1.165, 1.54) is 12.1 Å². The van der Waals surface area contributed by atoms with Gasteiger partial charge in [0, 0.05) is 24.2 Å². The van der Waals surface area contributed by atoms with Gasteiger partial charge in [-0.15, -0.1) is 5.10 Å². The number of aromatic nitrogens is 3. The minimum absolute atomic E-state index is 0.293. The lowest BCUT2D eigenvalue weighted by molar-refractivity contribution is 0.0896. The van der Waals surface area contributed by atoms with Crippen molar-refractivity contribution in [1.29, 1.82) is 0 Å². The molecule has 7 heteroatoms. The predicted molar refractivity (Wildman–Crippen MR) is 92.5 cm³/mol. The summed E-state index contributed by atoms with van der Waals surface area (Å²) >= 11 is 0. The Labute approximate surface area is 149 Å². The van der Waals surface area contributed by atoms with Crippen molar-refractivity contribution in [1.82, 2.24) is 20.3 Å². The highest BCUT2D eigenvalue weighted by Crippen LogP contribution is 2.40. The monoisotopic (exact) mass is 356 g/mol. The molecule has 0 spiro atoms. The number of benzene rings is 2. The van der Waals surface area contributed by atoms with E-state index < -0.39 is 17.2 Å². The summed E-state index contributed by atoms with van der Waals surface area (Å²) in [5, 5.41) is 10.9. The van der Waals surface area contributed by atoms with Crippen molar-refractivity contribution in [3.05, 3.63) is 59.2 Å². The van der Waals surface area contributed by atoms with E-state index >= 15 is 0 Å². The molecule has 4 rings (SSSR count). The number of carbonyl (C=O) groups is 1. The Morgan fingerprint density at radius 1 is 1.15 bits per heavy atom. The minimum Gasteiger partial charge on any atom is -0.342 e. The Morgan fingerprint density at radius 3 is 2.65 bits per heavy atom. The zero-order chi connectivity index (χ0) is 18.3. The van der Waals surface area contributed by atoms with E-state index in [0.29, 0.717) is 29.5 Å². The molecule has 1 saturated carbocycles. The Bertz CT molecular complexity index is 992. The van der Waals surface area contributed by atoms with Gasteiger partial charge in [0.25, 0.3) is 5.91 Å². The standard InChI is InChI=1S/C19H18F2N4O/c1-25-17-10-12(4-7-16(17)23-24-25)18(26)22-19(8-2-3-9-19)14-6-5-13(20)11-15(14)21/h4-7,10-11H,2-3,8-9H2,1H3,(H,22,26). The topological polar surface area (TPSA) is 59.8 Å². The van der Waals surface area contributed by atoms with Crippen LogP contribution in [0.4, 0.5) is 8.78 Å². The van der Waals surface area contributed by atoms with Crippen LogP contribution in [0.1, 0.15) is 41.6 Å². The van der Waals surface area contributed by atoms with Crippen LogP contribution in [0.25, 0.3) is 11.0 Å². The summed E-state index contributed by atoms with van der Waals surface area (Å²) in [6.07, 6.45) is 3.00. The molecule has 0 saturated heterocycles. The van der Waals surface area contributed by atoms with Crippen molar-refractivity contribution < 1.29 is 13.6 Å². The summed E-state index contributed by atoms with van der Waals surface area (Å²) in [6.45, 7) is 0. The van der Waals surface area contributed by atoms with Crippen LogP contribution in [-0.4, -0.2) is 20.9 Å². The third-order valence-corrected chi connectivity index (χ3v) is 5.13. The molecule has 1 aromatic heterocycles. The predicted octanol–water partition coefficient (Wildman–Crippen LogP) is 3.45. The number of amides is 1. The van der Waals surface area contributed by atoms with E-state index in [4.69, 9.17) is 0 Å². The zero-order valence-corrected chi connectivity index (χ0v) is 14.3. The molecule has 0 unspecified atom stereocenters. The van der Waals surface area contributed by atoms with Crippen LogP contribution >= 0.6 is 0 Å². The lowest BCUT2D eigenvalue weighted by atomic mass is 9.87. The van der Waals surface area contributed by atoms with Crippen LogP contribution in [0.3, 0.4) is 0 Å². The Balaban J connectivity index is 1.69. The van der Waals surface area contributed by atoms with Crippen LogP contribution in [-0.2, 0) is 12.6 Å². The van der Waals surface area contributed by atoms with Gasteiger partial charge in [-0.05, 0) is 37.1 Å². The molecule has 5 nitrogen and oxygen atoms in total. The molecule has 1 fully saturated rings. The molecule has 0 radical (unpaired) electrons. The van der Waals surface area contributed by atoms with E-state index in [-0.39, 0.29) is 5.91 Å². The van der Waals surface area contributed by atoms with Gasteiger partial charge in [-0.1, -0.05) is 24.1 Å². The molecule has 1 N–H and O–H groups in total. The maximum Gasteiger partial charge on any atom is 0.252 e. The van der Waals surface area contributed by atoms with E-state index in [2.05, 4.69) is 15.6 Å². The molecule has 0 bridgehead atoms. The number of halogens is 2. The van der Waals surface area contributed by atoms with E-state index in [1.807, 2.05) is 0 Å². The second kappa shape index (κ2) is 6.16. The number of hydrogen-bond donors (Lipinski definition) is 1. The summed E-state index contributed by atoms with van der Waals surface area (Å²) in [7, 11) is 1.75. The van der Waals surface area contributed by atoms with Crippen molar-refractivity contribution in [2.45, 2.75) is 31.2 Å². The van der Waals surface area contributed by atoms with Gasteiger partial charge in [0.2, 0.25) is 0 Å². The highest BCUT2D eigenvalue weighted by molar-refractivity contribution is 5.97. The molecule has 1 aliphatic rings. The van der Waals surface area contributed by atoms with Crippen molar-refractivity contribution in [3.63, 3.8) is 0 Å². The number of nitrogens with zero attached hydrogens (tertiary/aromatic N) is 3. The molecule has 2 aromatic carbocycles. The van der Waals surface area contributed by atoms with Crippen LogP contribution in [0.5, 0.6) is 0 Å². The fourth-order valence-corrected chi connectivity index (χ4v) is 3.78. The summed E-state index contributed by atoms with van der Waals surface area (Å²) in [5.41, 5.74) is 1.43. The summed E-state index contributed by atoms with van der Waals surface area (Å²) < 4.78 is 29.3.